The van der Waals surface area contributed by atoms with E-state index >= 15 is 0 Å². The molecule has 14 heavy (non-hydrogen) atoms. The highest BCUT2D eigenvalue weighted by molar-refractivity contribution is 7.93. The Morgan fingerprint density at radius 3 is 2.93 bits per heavy atom. The molecule has 1 aromatic heterocycles. The summed E-state index contributed by atoms with van der Waals surface area (Å²) in [6.07, 6.45) is 0.630. The third kappa shape index (κ3) is 3.29. The first-order valence-electron chi connectivity index (χ1n) is 4.20. The third-order valence-corrected chi connectivity index (χ3v) is 3.00. The Balaban J connectivity index is 2.79. The van der Waals surface area contributed by atoms with E-state index in [1.54, 1.807) is 0 Å². The lowest BCUT2D eigenvalue weighted by molar-refractivity contribution is 0.586. The normalized spacial score (nSPS) is 14.7. The van der Waals surface area contributed by atoms with Crippen LogP contribution in [0.3, 0.4) is 0 Å². The van der Waals surface area contributed by atoms with Gasteiger partial charge in [-0.25, -0.2) is 14.0 Å². The van der Waals surface area contributed by atoms with Crippen LogP contribution in [0.2, 0.25) is 0 Å². The Kier molecular flexibility index (Phi) is 3.40. The second kappa shape index (κ2) is 4.36. The summed E-state index contributed by atoms with van der Waals surface area (Å²) >= 11 is 0. The molecule has 78 valence electrons. The van der Waals surface area contributed by atoms with E-state index < -0.39 is 15.9 Å². The number of nitrogens with zero attached hydrogens (tertiary/aromatic N) is 1. The molecule has 0 aliphatic heterocycles. The van der Waals surface area contributed by atoms with Crippen LogP contribution in [0, 0.1) is 10.7 Å². The van der Waals surface area contributed by atoms with Crippen LogP contribution < -0.4 is 4.72 Å². The van der Waals surface area contributed by atoms with Crippen molar-refractivity contribution in [3.8, 4) is 0 Å². The number of nitrogens with one attached hydrogen (secondary N) is 2. The molecule has 6 heteroatoms. The van der Waals surface area contributed by atoms with Crippen molar-refractivity contribution in [1.82, 2.24) is 4.98 Å². The van der Waals surface area contributed by atoms with Crippen molar-refractivity contribution in [2.24, 2.45) is 0 Å². The molecule has 4 nitrogen and oxygen atoms in total. The van der Waals surface area contributed by atoms with Crippen LogP contribution in [0.5, 0.6) is 0 Å². The Morgan fingerprint density at radius 2 is 2.36 bits per heavy atom. The molecule has 0 aliphatic rings. The summed E-state index contributed by atoms with van der Waals surface area (Å²) in [6.45, 7) is 1.83. The van der Waals surface area contributed by atoms with Crippen LogP contribution in [0.25, 0.3) is 0 Å². The minimum atomic E-state index is -2.88. The van der Waals surface area contributed by atoms with Gasteiger partial charge < -0.3 is 0 Å². The molecule has 0 spiro atoms. The average Bonchev–Trinajstić information content (AvgIpc) is 2.02. The molecule has 0 bridgehead atoms. The fraction of sp³-hybridized carbons (Fsp3) is 0.375. The molecule has 0 aromatic carbocycles. The minimum Gasteiger partial charge on any atom is -0.283 e. The van der Waals surface area contributed by atoms with Crippen molar-refractivity contribution >= 4 is 15.7 Å². The number of hydrogen-bond acceptors (Lipinski definition) is 3. The van der Waals surface area contributed by atoms with E-state index in [-0.39, 0.29) is 11.6 Å². The summed E-state index contributed by atoms with van der Waals surface area (Å²) in [7, 11) is -2.88. The average molecular weight is 217 g/mol. The van der Waals surface area contributed by atoms with Crippen molar-refractivity contribution in [2.75, 3.05) is 10.5 Å². The molecule has 2 N–H and O–H groups in total. The third-order valence-electron chi connectivity index (χ3n) is 1.48. The standard InChI is InChI=1S/C8H12FN3OS/c1-2-6-14(10,13)12-8-5-3-4-7(9)11-8/h3-5H,2,6H2,1H3,(H2,10,11,12,13). The van der Waals surface area contributed by atoms with Crippen LogP contribution in [-0.2, 0) is 9.92 Å². The van der Waals surface area contributed by atoms with Gasteiger partial charge in [-0.2, -0.15) is 4.39 Å². The summed E-state index contributed by atoms with van der Waals surface area (Å²) in [4.78, 5) is 3.46. The first kappa shape index (κ1) is 10.9. The lowest BCUT2D eigenvalue weighted by Gasteiger charge is -2.08. The zero-order valence-electron chi connectivity index (χ0n) is 7.79. The van der Waals surface area contributed by atoms with Crippen molar-refractivity contribution in [2.45, 2.75) is 13.3 Å². The quantitative estimate of drug-likeness (QED) is 0.757. The molecular formula is C8H12FN3OS. The summed E-state index contributed by atoms with van der Waals surface area (Å²) in [5.41, 5.74) is 0. The number of halogens is 1. The Morgan fingerprint density at radius 1 is 1.64 bits per heavy atom. The maximum atomic E-state index is 12.6. The SMILES string of the molecule is CCCS(=N)(=O)Nc1cccc(F)n1. The smallest absolute Gasteiger partial charge is 0.214 e. The zero-order chi connectivity index (χ0) is 10.6. The van der Waals surface area contributed by atoms with Gasteiger partial charge in [0.25, 0.3) is 0 Å². The van der Waals surface area contributed by atoms with Crippen LogP contribution >= 0.6 is 0 Å². The molecule has 0 amide bonds. The number of hydrogen-bond donors (Lipinski definition) is 2. The number of aromatic nitrogens is 1. The van der Waals surface area contributed by atoms with Gasteiger partial charge in [0.05, 0.1) is 0 Å². The summed E-state index contributed by atoms with van der Waals surface area (Å²) in [5.74, 6) is -0.286. The molecular weight excluding hydrogens is 205 g/mol. The van der Waals surface area contributed by atoms with E-state index in [0.29, 0.717) is 6.42 Å². The lowest BCUT2D eigenvalue weighted by Crippen LogP contribution is -2.15. The lowest BCUT2D eigenvalue weighted by atomic mass is 10.5. The first-order valence-corrected chi connectivity index (χ1v) is 5.93. The predicted octanol–water partition coefficient (Wildman–Crippen LogP) is 2.00. The Labute approximate surface area is 82.7 Å². The zero-order valence-corrected chi connectivity index (χ0v) is 8.60. The molecule has 1 unspecified atom stereocenters. The van der Waals surface area contributed by atoms with Gasteiger partial charge in [-0.15, -0.1) is 0 Å². The summed E-state index contributed by atoms with van der Waals surface area (Å²) < 4.78 is 33.9. The largest absolute Gasteiger partial charge is 0.283 e. The summed E-state index contributed by atoms with van der Waals surface area (Å²) in [5, 5.41) is 0. The second-order valence-corrected chi connectivity index (χ2v) is 4.79. The maximum absolute atomic E-state index is 12.6. The Hall–Kier alpha value is -1.17. The van der Waals surface area contributed by atoms with Gasteiger partial charge in [-0.1, -0.05) is 13.0 Å². The van der Waals surface area contributed by atoms with Gasteiger partial charge in [-0.05, 0) is 18.6 Å². The topological polar surface area (TPSA) is 65.8 Å². The fourth-order valence-corrected chi connectivity index (χ4v) is 2.10. The van der Waals surface area contributed by atoms with Crippen LogP contribution in [0.15, 0.2) is 18.2 Å². The molecule has 1 heterocycles. The highest BCUT2D eigenvalue weighted by Gasteiger charge is 2.05. The van der Waals surface area contributed by atoms with Crippen molar-refractivity contribution in [1.29, 1.82) is 4.78 Å². The van der Waals surface area contributed by atoms with Crippen molar-refractivity contribution in [3.63, 3.8) is 0 Å². The predicted molar refractivity (Wildman–Crippen MR) is 53.8 cm³/mol. The van der Waals surface area contributed by atoms with Gasteiger partial charge >= 0.3 is 0 Å². The number of anilines is 1. The van der Waals surface area contributed by atoms with Crippen LogP contribution in [0.4, 0.5) is 10.2 Å². The molecule has 0 radical (unpaired) electrons. The van der Waals surface area contributed by atoms with E-state index in [9.17, 15) is 8.60 Å². The number of rotatable bonds is 4. The molecule has 1 rings (SSSR count). The molecule has 1 atom stereocenters. The van der Waals surface area contributed by atoms with Gasteiger partial charge in [0.2, 0.25) is 5.95 Å². The summed E-state index contributed by atoms with van der Waals surface area (Å²) in [6, 6.07) is 4.12. The van der Waals surface area contributed by atoms with E-state index in [0.717, 1.165) is 0 Å². The van der Waals surface area contributed by atoms with Crippen LogP contribution in [-0.4, -0.2) is 14.9 Å². The van der Waals surface area contributed by atoms with E-state index in [2.05, 4.69) is 9.71 Å². The van der Waals surface area contributed by atoms with Gasteiger partial charge in [0.15, 0.2) is 0 Å². The number of pyridine rings is 1. The van der Waals surface area contributed by atoms with Crippen molar-refractivity contribution < 1.29 is 8.60 Å². The Bertz CT molecular complexity index is 405. The molecule has 0 aliphatic carbocycles. The minimum absolute atomic E-state index is 0.137. The van der Waals surface area contributed by atoms with Gasteiger partial charge in [0, 0.05) is 5.75 Å². The van der Waals surface area contributed by atoms with E-state index in [4.69, 9.17) is 4.78 Å². The molecule has 1 aromatic rings. The van der Waals surface area contributed by atoms with Crippen LogP contribution in [0.1, 0.15) is 13.3 Å². The van der Waals surface area contributed by atoms with E-state index in [1.807, 2.05) is 6.92 Å². The fourth-order valence-electron chi connectivity index (χ4n) is 0.973. The highest BCUT2D eigenvalue weighted by atomic mass is 32.2. The monoisotopic (exact) mass is 217 g/mol. The van der Waals surface area contributed by atoms with E-state index in [1.165, 1.54) is 18.2 Å². The molecule has 0 fully saturated rings. The van der Waals surface area contributed by atoms with Gasteiger partial charge in [0.1, 0.15) is 15.7 Å². The first-order chi connectivity index (χ1) is 6.53. The second-order valence-electron chi connectivity index (χ2n) is 2.83. The molecule has 0 saturated carbocycles. The maximum Gasteiger partial charge on any atom is 0.214 e. The molecule has 0 saturated heterocycles. The van der Waals surface area contributed by atoms with Crippen molar-refractivity contribution in [3.05, 3.63) is 24.1 Å². The highest BCUT2D eigenvalue weighted by Crippen LogP contribution is 2.07. The van der Waals surface area contributed by atoms with Gasteiger partial charge in [-0.3, -0.25) is 4.72 Å².